The van der Waals surface area contributed by atoms with Crippen molar-refractivity contribution in [2.24, 2.45) is 0 Å². The number of rotatable bonds is 1. The van der Waals surface area contributed by atoms with Gasteiger partial charge in [0.15, 0.2) is 0 Å². The van der Waals surface area contributed by atoms with E-state index < -0.39 is 20.8 Å². The van der Waals surface area contributed by atoms with E-state index in [-0.39, 0.29) is 0 Å². The molecule has 166 valence electrons. The second-order valence-electron chi connectivity index (χ2n) is 8.38. The number of halogens is 2. The van der Waals surface area contributed by atoms with Crippen molar-refractivity contribution >= 4 is 17.0 Å². The largest absolute Gasteiger partial charge is 0.0619 e. The predicted octanol–water partition coefficient (Wildman–Crippen LogP) is 9.29. The summed E-state index contributed by atoms with van der Waals surface area (Å²) in [5.74, 6) is 0.763. The molecule has 0 saturated heterocycles. The number of benzene rings is 4. The molecule has 3 heteroatoms. The van der Waals surface area contributed by atoms with Crippen LogP contribution in [0.3, 0.4) is 0 Å². The van der Waals surface area contributed by atoms with Crippen LogP contribution in [0.2, 0.25) is 0 Å². The number of allylic oxidation sites excluding steroid dienone is 4. The van der Waals surface area contributed by atoms with Crippen LogP contribution in [0.5, 0.6) is 0 Å². The van der Waals surface area contributed by atoms with Crippen LogP contribution in [-0.2, 0) is 20.8 Å². The van der Waals surface area contributed by atoms with E-state index in [4.69, 9.17) is 17.0 Å². The topological polar surface area (TPSA) is 0 Å². The zero-order chi connectivity index (χ0) is 23.3. The first-order chi connectivity index (χ1) is 16.8. The molecule has 34 heavy (non-hydrogen) atoms. The molecule has 0 unspecified atom stereocenters. The van der Waals surface area contributed by atoms with Crippen LogP contribution >= 0.6 is 17.0 Å². The van der Waals surface area contributed by atoms with Gasteiger partial charge in [-0.2, -0.15) is 6.08 Å². The van der Waals surface area contributed by atoms with Gasteiger partial charge < -0.3 is 0 Å². The summed E-state index contributed by atoms with van der Waals surface area (Å²) < 4.78 is 0. The molecule has 3 aliphatic carbocycles. The summed E-state index contributed by atoms with van der Waals surface area (Å²) in [6, 6.07) is 35.8. The molecule has 0 saturated carbocycles. The summed E-state index contributed by atoms with van der Waals surface area (Å²) in [5.41, 5.74) is 11.4. The van der Waals surface area contributed by atoms with E-state index in [2.05, 4.69) is 109 Å². The van der Waals surface area contributed by atoms with E-state index in [1.807, 2.05) is 12.2 Å². The van der Waals surface area contributed by atoms with Crippen molar-refractivity contribution in [1.82, 2.24) is 0 Å². The first-order valence-electron chi connectivity index (χ1n) is 11.4. The third-order valence-electron chi connectivity index (χ3n) is 6.68. The molecule has 4 aromatic rings. The van der Waals surface area contributed by atoms with E-state index >= 15 is 0 Å². The maximum atomic E-state index is 4.93. The minimum absolute atomic E-state index is 0.382. The molecule has 0 N–H and O–H groups in total. The van der Waals surface area contributed by atoms with Crippen LogP contribution in [0.1, 0.15) is 40.5 Å². The van der Waals surface area contributed by atoms with Crippen molar-refractivity contribution in [3.63, 3.8) is 0 Å². The molecule has 0 fully saturated rings. The van der Waals surface area contributed by atoms with Gasteiger partial charge in [-0.3, -0.25) is 6.08 Å². The third-order valence-corrected chi connectivity index (χ3v) is 6.68. The van der Waals surface area contributed by atoms with Crippen LogP contribution in [0.15, 0.2) is 115 Å². The van der Waals surface area contributed by atoms with Crippen LogP contribution in [0.4, 0.5) is 0 Å². The van der Waals surface area contributed by atoms with E-state index in [1.165, 1.54) is 44.5 Å². The number of hydrogen-bond donors (Lipinski definition) is 0. The van der Waals surface area contributed by atoms with E-state index in [0.717, 1.165) is 6.42 Å². The van der Waals surface area contributed by atoms with E-state index in [0.29, 0.717) is 11.8 Å². The summed E-state index contributed by atoms with van der Waals surface area (Å²) in [6.07, 6.45) is 10.0. The van der Waals surface area contributed by atoms with E-state index in [1.54, 1.807) is 0 Å². The Morgan fingerprint density at radius 2 is 0.882 bits per heavy atom. The molecule has 3 aliphatic rings. The number of fused-ring (bicyclic) bond motifs is 6. The predicted molar refractivity (Wildman–Crippen MR) is 141 cm³/mol. The molecule has 0 aliphatic heterocycles. The maximum absolute atomic E-state index is 4.93. The van der Waals surface area contributed by atoms with E-state index in [9.17, 15) is 0 Å². The Balaban J connectivity index is 0.000000260. The van der Waals surface area contributed by atoms with Crippen molar-refractivity contribution in [2.45, 2.75) is 18.3 Å². The summed E-state index contributed by atoms with van der Waals surface area (Å²) in [5, 5.41) is 0. The monoisotopic (exact) mass is 555 g/mol. The molecule has 0 bridgehead atoms. The van der Waals surface area contributed by atoms with Crippen LogP contribution in [-0.4, -0.2) is 0 Å². The fraction of sp³-hybridized carbons (Fsp3) is 0.0968. The summed E-state index contributed by atoms with van der Waals surface area (Å²) >= 11 is -0.826. The van der Waals surface area contributed by atoms with Gasteiger partial charge in [0.2, 0.25) is 0 Å². The molecule has 4 aromatic carbocycles. The normalized spacial score (nSPS) is 14.2. The van der Waals surface area contributed by atoms with Gasteiger partial charge in [0, 0.05) is 11.8 Å². The molecular formula is C31H23Cl2Zr-. The summed E-state index contributed by atoms with van der Waals surface area (Å²) in [4.78, 5) is 0. The van der Waals surface area contributed by atoms with Gasteiger partial charge >= 0.3 is 37.9 Å². The second-order valence-corrected chi connectivity index (χ2v) is 12.1. The van der Waals surface area contributed by atoms with Crippen LogP contribution < -0.4 is 0 Å². The van der Waals surface area contributed by atoms with Crippen molar-refractivity contribution < 1.29 is 20.8 Å². The van der Waals surface area contributed by atoms with Gasteiger partial charge in [-0.25, -0.2) is 12.2 Å². The molecular weight excluding hydrogens is 534 g/mol. The molecule has 0 atom stereocenters. The molecule has 0 heterocycles. The number of hydrogen-bond acceptors (Lipinski definition) is 0. The van der Waals surface area contributed by atoms with Gasteiger partial charge in [-0.15, -0.1) is 6.42 Å². The fourth-order valence-electron chi connectivity index (χ4n) is 5.45. The second kappa shape index (κ2) is 11.0. The smallest absolute Gasteiger partial charge is 0.0211 e. The summed E-state index contributed by atoms with van der Waals surface area (Å²) in [7, 11) is 9.87. The van der Waals surface area contributed by atoms with Gasteiger partial charge in [0.05, 0.1) is 0 Å². The van der Waals surface area contributed by atoms with Crippen molar-refractivity contribution in [1.29, 1.82) is 0 Å². The Hall–Kier alpha value is -2.18. The Morgan fingerprint density at radius 3 is 1.12 bits per heavy atom. The van der Waals surface area contributed by atoms with Gasteiger partial charge in [-0.1, -0.05) is 97.1 Å². The average molecular weight is 558 g/mol. The molecule has 0 nitrogen and oxygen atoms in total. The Labute approximate surface area is 220 Å². The zero-order valence-corrected chi connectivity index (χ0v) is 22.6. The Kier molecular flexibility index (Phi) is 7.65. The zero-order valence-electron chi connectivity index (χ0n) is 18.6. The Morgan fingerprint density at radius 1 is 0.559 bits per heavy atom. The molecule has 0 amide bonds. The standard InChI is InChI=1S/C26H18.C5H5.2ClH.Zr/c1-5-13-21-17(9-1)18-10-2-6-14-22(18)25(21)26-23-15-7-3-11-19(23)20-12-4-8-16-24(20)26;1-2-4-5-3-1;;;/h1-16,25-26H;1-3H,4H2;2*1H;/q;-1;;;+2/p-2. The first kappa shape index (κ1) is 23.6. The molecule has 0 aromatic heterocycles. The summed E-state index contributed by atoms with van der Waals surface area (Å²) in [6.45, 7) is 0. The molecule has 0 spiro atoms. The van der Waals surface area contributed by atoms with Crippen molar-refractivity contribution in [2.75, 3.05) is 0 Å². The van der Waals surface area contributed by atoms with Gasteiger partial charge in [0.25, 0.3) is 0 Å². The van der Waals surface area contributed by atoms with Gasteiger partial charge in [-0.05, 0) is 44.5 Å². The van der Waals surface area contributed by atoms with Crippen molar-refractivity contribution in [3.8, 4) is 22.3 Å². The average Bonchev–Trinajstić information content (AvgIpc) is 3.63. The first-order valence-corrected chi connectivity index (χ1v) is 17.7. The molecule has 7 rings (SSSR count). The van der Waals surface area contributed by atoms with Crippen LogP contribution in [0.25, 0.3) is 22.3 Å². The SMILES string of the molecule is [C-]1=CC=CC1.[Cl][Zr][Cl].c1ccc2c(c1)-c1ccccc1C2C1c2ccccc2-c2ccccc21. The quantitative estimate of drug-likeness (QED) is 0.205. The Bertz CT molecular complexity index is 1160. The third kappa shape index (κ3) is 4.43. The fourth-order valence-corrected chi connectivity index (χ4v) is 5.45. The minimum atomic E-state index is -0.826. The van der Waals surface area contributed by atoms with Crippen LogP contribution in [0, 0.1) is 6.08 Å². The minimum Gasteiger partial charge on any atom is -0.0619 e. The maximum Gasteiger partial charge on any atom is 0.0211 e. The van der Waals surface area contributed by atoms with Crippen molar-refractivity contribution in [3.05, 3.63) is 144 Å². The molecule has 0 radical (unpaired) electrons. The van der Waals surface area contributed by atoms with Gasteiger partial charge in [0.1, 0.15) is 0 Å².